The molecule has 2 aromatic rings. The molecule has 0 aliphatic carbocycles. The predicted octanol–water partition coefficient (Wildman–Crippen LogP) is 4.18. The van der Waals surface area contributed by atoms with E-state index in [2.05, 4.69) is 23.8 Å². The summed E-state index contributed by atoms with van der Waals surface area (Å²) in [6, 6.07) is 18.0. The first-order chi connectivity index (χ1) is 14.9. The van der Waals surface area contributed by atoms with Crippen LogP contribution >= 0.6 is 11.6 Å². The molecule has 2 aliphatic heterocycles. The van der Waals surface area contributed by atoms with Gasteiger partial charge in [-0.1, -0.05) is 54.6 Å². The SMILES string of the molecule is C=C1C(C#N)(C#N)N2N=Cc3ccccc3[C@H]2[C@@]1(Cc1cccc(Cl)c1)C(=O)OCC. The van der Waals surface area contributed by atoms with Crippen LogP contribution in [0.25, 0.3) is 0 Å². The number of hydrazone groups is 1. The lowest BCUT2D eigenvalue weighted by atomic mass is 9.67. The summed E-state index contributed by atoms with van der Waals surface area (Å²) in [6.45, 7) is 5.99. The Labute approximate surface area is 185 Å². The molecular formula is C24H19ClN4O2. The Morgan fingerprint density at radius 1 is 1.26 bits per heavy atom. The molecule has 4 rings (SSSR count). The van der Waals surface area contributed by atoms with Gasteiger partial charge >= 0.3 is 5.97 Å². The van der Waals surface area contributed by atoms with E-state index in [9.17, 15) is 15.3 Å². The highest BCUT2D eigenvalue weighted by molar-refractivity contribution is 6.30. The normalized spacial score (nSPS) is 22.8. The monoisotopic (exact) mass is 430 g/mol. The van der Waals surface area contributed by atoms with Crippen molar-refractivity contribution in [3.8, 4) is 12.1 Å². The number of benzene rings is 2. The summed E-state index contributed by atoms with van der Waals surface area (Å²) >= 11 is 6.20. The van der Waals surface area contributed by atoms with Crippen molar-refractivity contribution in [2.24, 2.45) is 10.5 Å². The average Bonchev–Trinajstić information content (AvgIpc) is 3.00. The minimum Gasteiger partial charge on any atom is -0.465 e. The summed E-state index contributed by atoms with van der Waals surface area (Å²) in [5.74, 6) is -0.547. The second-order valence-electron chi connectivity index (χ2n) is 7.53. The second-order valence-corrected chi connectivity index (χ2v) is 7.97. The molecule has 2 aliphatic rings. The molecule has 0 amide bonds. The Hall–Kier alpha value is -3.61. The summed E-state index contributed by atoms with van der Waals surface area (Å²) < 4.78 is 5.52. The molecule has 0 saturated carbocycles. The highest BCUT2D eigenvalue weighted by Gasteiger charge is 2.69. The fourth-order valence-electron chi connectivity index (χ4n) is 4.58. The first kappa shape index (κ1) is 20.7. The Morgan fingerprint density at radius 3 is 2.68 bits per heavy atom. The van der Waals surface area contributed by atoms with Crippen LogP contribution in [0, 0.1) is 28.1 Å². The third-order valence-corrected chi connectivity index (χ3v) is 6.21. The predicted molar refractivity (Wildman–Crippen MR) is 116 cm³/mol. The number of ether oxygens (including phenoxy) is 1. The van der Waals surface area contributed by atoms with Crippen molar-refractivity contribution < 1.29 is 9.53 Å². The Bertz CT molecular complexity index is 1180. The fraction of sp³-hybridized carbons (Fsp3) is 0.250. The Balaban J connectivity index is 2.03. The summed E-state index contributed by atoms with van der Waals surface area (Å²) in [4.78, 5) is 13.6. The molecule has 0 spiro atoms. The molecule has 0 aromatic heterocycles. The molecule has 7 heteroatoms. The van der Waals surface area contributed by atoms with E-state index in [1.165, 1.54) is 5.01 Å². The van der Waals surface area contributed by atoms with Crippen molar-refractivity contribution >= 4 is 23.8 Å². The number of nitriles is 2. The van der Waals surface area contributed by atoms with Gasteiger partial charge in [-0.3, -0.25) is 9.80 Å². The van der Waals surface area contributed by atoms with Crippen LogP contribution in [0.15, 0.2) is 65.8 Å². The van der Waals surface area contributed by atoms with Gasteiger partial charge in [0.15, 0.2) is 0 Å². The molecule has 0 bridgehead atoms. The number of fused-ring (bicyclic) bond motifs is 3. The molecule has 6 nitrogen and oxygen atoms in total. The standard InChI is InChI=1S/C24H19ClN4O2/c1-3-31-22(30)24(12-17-7-6-9-19(25)11-17)16(2)23(14-26,15-27)29-21(24)20-10-5-4-8-18(20)13-28-29/h4-11,13,21H,2-3,12H2,1H3/t21-,24-/m0/s1. The zero-order valence-electron chi connectivity index (χ0n) is 16.9. The van der Waals surface area contributed by atoms with Crippen LogP contribution in [0.5, 0.6) is 0 Å². The van der Waals surface area contributed by atoms with Gasteiger partial charge < -0.3 is 4.74 Å². The van der Waals surface area contributed by atoms with Gasteiger partial charge in [0.05, 0.1) is 18.9 Å². The molecule has 1 saturated heterocycles. The van der Waals surface area contributed by atoms with E-state index in [1.807, 2.05) is 30.3 Å². The van der Waals surface area contributed by atoms with Crippen LogP contribution < -0.4 is 0 Å². The highest BCUT2D eigenvalue weighted by Crippen LogP contribution is 2.60. The van der Waals surface area contributed by atoms with Gasteiger partial charge in [-0.2, -0.15) is 15.6 Å². The number of hydrogen-bond donors (Lipinski definition) is 0. The van der Waals surface area contributed by atoms with E-state index in [0.717, 1.165) is 16.7 Å². The third-order valence-electron chi connectivity index (χ3n) is 5.98. The van der Waals surface area contributed by atoms with Crippen molar-refractivity contribution in [2.75, 3.05) is 6.61 Å². The molecule has 31 heavy (non-hydrogen) atoms. The number of hydrogen-bond acceptors (Lipinski definition) is 6. The quantitative estimate of drug-likeness (QED) is 0.536. The second kappa shape index (κ2) is 7.58. The van der Waals surface area contributed by atoms with Gasteiger partial charge in [0.25, 0.3) is 5.54 Å². The van der Waals surface area contributed by atoms with Crippen molar-refractivity contribution in [3.63, 3.8) is 0 Å². The van der Waals surface area contributed by atoms with Gasteiger partial charge in [0, 0.05) is 5.02 Å². The van der Waals surface area contributed by atoms with E-state index in [0.29, 0.717) is 5.02 Å². The van der Waals surface area contributed by atoms with Gasteiger partial charge in [0.2, 0.25) is 0 Å². The maximum atomic E-state index is 13.6. The molecule has 0 unspecified atom stereocenters. The van der Waals surface area contributed by atoms with Crippen LogP contribution in [0.4, 0.5) is 0 Å². The van der Waals surface area contributed by atoms with E-state index in [4.69, 9.17) is 16.3 Å². The maximum Gasteiger partial charge on any atom is 0.319 e. The van der Waals surface area contributed by atoms with Gasteiger partial charge in [-0.15, -0.1) is 0 Å². The highest BCUT2D eigenvalue weighted by atomic mass is 35.5. The van der Waals surface area contributed by atoms with Crippen LogP contribution in [-0.2, 0) is 16.0 Å². The zero-order valence-corrected chi connectivity index (χ0v) is 17.6. The minimum absolute atomic E-state index is 0.146. The molecule has 154 valence electrons. The lowest BCUT2D eigenvalue weighted by Gasteiger charge is -2.37. The summed E-state index contributed by atoms with van der Waals surface area (Å²) in [5, 5.41) is 26.6. The van der Waals surface area contributed by atoms with Crippen LogP contribution in [-0.4, -0.2) is 29.3 Å². The number of nitrogens with zero attached hydrogens (tertiary/aromatic N) is 4. The molecular weight excluding hydrogens is 412 g/mol. The summed E-state index contributed by atoms with van der Waals surface area (Å²) in [7, 11) is 0. The first-order valence-electron chi connectivity index (χ1n) is 9.81. The van der Waals surface area contributed by atoms with Gasteiger partial charge in [0.1, 0.15) is 17.6 Å². The largest absolute Gasteiger partial charge is 0.465 e. The number of rotatable bonds is 4. The number of carbonyl (C=O) groups excluding carboxylic acids is 1. The Kier molecular flexibility index (Phi) is 5.05. The lowest BCUT2D eigenvalue weighted by molar-refractivity contribution is -0.155. The Morgan fingerprint density at radius 2 is 2.00 bits per heavy atom. The van der Waals surface area contributed by atoms with Crippen molar-refractivity contribution in [2.45, 2.75) is 24.9 Å². The zero-order chi connectivity index (χ0) is 22.2. The van der Waals surface area contributed by atoms with Crippen molar-refractivity contribution in [3.05, 3.63) is 82.4 Å². The molecule has 0 N–H and O–H groups in total. The van der Waals surface area contributed by atoms with Gasteiger partial charge in [-0.25, -0.2) is 0 Å². The fourth-order valence-corrected chi connectivity index (χ4v) is 4.80. The van der Waals surface area contributed by atoms with E-state index in [1.54, 1.807) is 31.3 Å². The minimum atomic E-state index is -1.82. The topological polar surface area (TPSA) is 89.5 Å². The van der Waals surface area contributed by atoms with E-state index < -0.39 is 23.0 Å². The average molecular weight is 431 g/mol. The van der Waals surface area contributed by atoms with Crippen LogP contribution in [0.2, 0.25) is 5.02 Å². The van der Waals surface area contributed by atoms with Crippen molar-refractivity contribution in [1.29, 1.82) is 10.5 Å². The van der Waals surface area contributed by atoms with E-state index in [-0.39, 0.29) is 18.6 Å². The van der Waals surface area contributed by atoms with Crippen molar-refractivity contribution in [1.82, 2.24) is 5.01 Å². The molecule has 1 fully saturated rings. The van der Waals surface area contributed by atoms with Crippen LogP contribution in [0.1, 0.15) is 29.7 Å². The van der Waals surface area contributed by atoms with E-state index >= 15 is 0 Å². The molecule has 0 radical (unpaired) electrons. The number of carbonyl (C=O) groups is 1. The first-order valence-corrected chi connectivity index (χ1v) is 10.2. The maximum absolute atomic E-state index is 13.6. The summed E-state index contributed by atoms with van der Waals surface area (Å²) in [5.41, 5.74) is -0.730. The van der Waals surface area contributed by atoms with Gasteiger partial charge in [-0.05, 0) is 47.7 Å². The number of esters is 1. The third kappa shape index (κ3) is 2.84. The molecule has 2 atom stereocenters. The lowest BCUT2D eigenvalue weighted by Crippen LogP contribution is -2.42. The summed E-state index contributed by atoms with van der Waals surface area (Å²) in [6.07, 6.45) is 1.75. The molecule has 2 aromatic carbocycles. The smallest absolute Gasteiger partial charge is 0.319 e. The number of halogens is 1. The van der Waals surface area contributed by atoms with Crippen LogP contribution in [0.3, 0.4) is 0 Å². The molecule has 2 heterocycles.